The Kier molecular flexibility index (Phi) is 3.42. The Morgan fingerprint density at radius 2 is 2.35 bits per heavy atom. The van der Waals surface area contributed by atoms with Gasteiger partial charge in [-0.3, -0.25) is 14.6 Å². The van der Waals surface area contributed by atoms with Crippen molar-refractivity contribution in [1.82, 2.24) is 20.6 Å². The number of amides is 2. The van der Waals surface area contributed by atoms with Crippen LogP contribution in [0, 0.1) is 0 Å². The minimum absolute atomic E-state index is 0.129. The molecule has 0 aliphatic carbocycles. The predicted molar refractivity (Wildman–Crippen MR) is 74.2 cm³/mol. The summed E-state index contributed by atoms with van der Waals surface area (Å²) in [6.07, 6.45) is 5.53. The van der Waals surface area contributed by atoms with Gasteiger partial charge in [0.25, 0.3) is 5.91 Å². The first-order valence-corrected chi connectivity index (χ1v) is 7.00. The van der Waals surface area contributed by atoms with Crippen LogP contribution in [0.2, 0.25) is 0 Å². The number of aromatic nitrogens is 2. The molecule has 0 aromatic carbocycles. The van der Waals surface area contributed by atoms with E-state index in [1.807, 2.05) is 12.1 Å². The number of thiazole rings is 1. The standard InChI is InChI=1S/C13H12N4O2S/c18-11-9(3-5-15-11)17-12(19)10-7-16-13(20-10)8-2-1-4-14-6-8/h1-2,4,6-7,9H,3,5H2,(H,15,18)(H,17,19). The van der Waals surface area contributed by atoms with Gasteiger partial charge in [0.05, 0.1) is 6.20 Å². The van der Waals surface area contributed by atoms with E-state index < -0.39 is 6.04 Å². The number of hydrogen-bond donors (Lipinski definition) is 2. The Hall–Kier alpha value is -2.28. The fourth-order valence-corrected chi connectivity index (χ4v) is 2.77. The number of pyridine rings is 1. The van der Waals surface area contributed by atoms with Gasteiger partial charge in [-0.1, -0.05) is 0 Å². The maximum atomic E-state index is 12.1. The Balaban J connectivity index is 1.73. The van der Waals surface area contributed by atoms with E-state index in [0.29, 0.717) is 17.8 Å². The van der Waals surface area contributed by atoms with Crippen molar-refractivity contribution >= 4 is 23.2 Å². The Morgan fingerprint density at radius 3 is 3.05 bits per heavy atom. The summed E-state index contributed by atoms with van der Waals surface area (Å²) in [6, 6.07) is 3.27. The number of carbonyl (C=O) groups excluding carboxylic acids is 2. The van der Waals surface area contributed by atoms with Crippen molar-refractivity contribution in [2.45, 2.75) is 12.5 Å². The molecule has 0 radical (unpaired) electrons. The van der Waals surface area contributed by atoms with Crippen LogP contribution in [0.15, 0.2) is 30.7 Å². The van der Waals surface area contributed by atoms with Gasteiger partial charge >= 0.3 is 0 Å². The van der Waals surface area contributed by atoms with Crippen LogP contribution in [0.4, 0.5) is 0 Å². The largest absolute Gasteiger partial charge is 0.354 e. The second-order valence-corrected chi connectivity index (χ2v) is 5.41. The number of carbonyl (C=O) groups is 2. The van der Waals surface area contributed by atoms with E-state index in [2.05, 4.69) is 20.6 Å². The first kappa shape index (κ1) is 12.7. The summed E-state index contributed by atoms with van der Waals surface area (Å²) in [7, 11) is 0. The smallest absolute Gasteiger partial charge is 0.263 e. The molecule has 1 aliphatic heterocycles. The van der Waals surface area contributed by atoms with Crippen LogP contribution in [0.3, 0.4) is 0 Å². The van der Waals surface area contributed by atoms with Gasteiger partial charge in [-0.25, -0.2) is 4.98 Å². The van der Waals surface area contributed by atoms with Gasteiger partial charge in [0.15, 0.2) is 0 Å². The van der Waals surface area contributed by atoms with Gasteiger partial charge in [-0.15, -0.1) is 11.3 Å². The third-order valence-electron chi connectivity index (χ3n) is 2.99. The molecule has 0 saturated carbocycles. The molecule has 20 heavy (non-hydrogen) atoms. The topological polar surface area (TPSA) is 84.0 Å². The molecular weight excluding hydrogens is 276 g/mol. The summed E-state index contributed by atoms with van der Waals surface area (Å²) in [6.45, 7) is 0.605. The normalized spacial score (nSPS) is 17.8. The molecule has 1 fully saturated rings. The second kappa shape index (κ2) is 5.38. The van der Waals surface area contributed by atoms with Crippen molar-refractivity contribution in [2.24, 2.45) is 0 Å². The summed E-state index contributed by atoms with van der Waals surface area (Å²) in [5, 5.41) is 6.13. The first-order chi connectivity index (χ1) is 9.74. The maximum Gasteiger partial charge on any atom is 0.263 e. The van der Waals surface area contributed by atoms with E-state index in [1.54, 1.807) is 12.4 Å². The lowest BCUT2D eigenvalue weighted by Gasteiger charge is -2.07. The Bertz CT molecular complexity index is 641. The molecule has 102 valence electrons. The van der Waals surface area contributed by atoms with E-state index >= 15 is 0 Å². The number of nitrogens with one attached hydrogen (secondary N) is 2. The Morgan fingerprint density at radius 1 is 1.45 bits per heavy atom. The molecule has 0 spiro atoms. The Labute approximate surface area is 119 Å². The van der Waals surface area contributed by atoms with Crippen molar-refractivity contribution in [3.8, 4) is 10.6 Å². The molecule has 1 aliphatic rings. The highest BCUT2D eigenvalue weighted by atomic mass is 32.1. The molecule has 1 saturated heterocycles. The van der Waals surface area contributed by atoms with Gasteiger partial charge < -0.3 is 10.6 Å². The minimum atomic E-state index is -0.438. The van der Waals surface area contributed by atoms with Gasteiger partial charge in [0, 0.05) is 24.5 Å². The van der Waals surface area contributed by atoms with Crippen LogP contribution in [-0.4, -0.2) is 34.4 Å². The van der Waals surface area contributed by atoms with Crippen molar-refractivity contribution in [3.63, 3.8) is 0 Å². The van der Waals surface area contributed by atoms with Gasteiger partial charge in [0.1, 0.15) is 15.9 Å². The first-order valence-electron chi connectivity index (χ1n) is 6.19. The highest BCUT2D eigenvalue weighted by Crippen LogP contribution is 2.24. The lowest BCUT2D eigenvalue weighted by atomic mass is 10.2. The lowest BCUT2D eigenvalue weighted by Crippen LogP contribution is -2.39. The molecular formula is C13H12N4O2S. The van der Waals surface area contributed by atoms with Crippen LogP contribution >= 0.6 is 11.3 Å². The van der Waals surface area contributed by atoms with Crippen LogP contribution in [0.5, 0.6) is 0 Å². The molecule has 6 nitrogen and oxygen atoms in total. The van der Waals surface area contributed by atoms with E-state index in [4.69, 9.17) is 0 Å². The highest BCUT2D eigenvalue weighted by molar-refractivity contribution is 7.16. The van der Waals surface area contributed by atoms with Crippen LogP contribution in [0.1, 0.15) is 16.1 Å². The quantitative estimate of drug-likeness (QED) is 0.876. The second-order valence-electron chi connectivity index (χ2n) is 4.38. The maximum absolute atomic E-state index is 12.1. The molecule has 2 N–H and O–H groups in total. The van der Waals surface area contributed by atoms with Crippen molar-refractivity contribution < 1.29 is 9.59 Å². The van der Waals surface area contributed by atoms with E-state index in [-0.39, 0.29) is 11.8 Å². The van der Waals surface area contributed by atoms with Crippen LogP contribution < -0.4 is 10.6 Å². The fraction of sp³-hybridized carbons (Fsp3) is 0.231. The third kappa shape index (κ3) is 2.53. The van der Waals surface area contributed by atoms with Crippen molar-refractivity contribution in [1.29, 1.82) is 0 Å². The van der Waals surface area contributed by atoms with Gasteiger partial charge in [0.2, 0.25) is 5.91 Å². The number of hydrogen-bond acceptors (Lipinski definition) is 5. The van der Waals surface area contributed by atoms with Crippen LogP contribution in [0.25, 0.3) is 10.6 Å². The SMILES string of the molecule is O=C(NC1CCNC1=O)c1cnc(-c2cccnc2)s1. The monoisotopic (exact) mass is 288 g/mol. The van der Waals surface area contributed by atoms with Gasteiger partial charge in [-0.2, -0.15) is 0 Å². The number of nitrogens with zero attached hydrogens (tertiary/aromatic N) is 2. The summed E-state index contributed by atoms with van der Waals surface area (Å²) in [5.41, 5.74) is 0.871. The van der Waals surface area contributed by atoms with E-state index in [9.17, 15) is 9.59 Å². The summed E-state index contributed by atoms with van der Waals surface area (Å²) in [4.78, 5) is 32.2. The molecule has 3 rings (SSSR count). The molecule has 7 heteroatoms. The third-order valence-corrected chi connectivity index (χ3v) is 4.04. The molecule has 2 amide bonds. The molecule has 0 bridgehead atoms. The summed E-state index contributed by atoms with van der Waals surface area (Å²) < 4.78 is 0. The summed E-state index contributed by atoms with van der Waals surface area (Å²) >= 11 is 1.28. The molecule has 1 atom stereocenters. The minimum Gasteiger partial charge on any atom is -0.354 e. The lowest BCUT2D eigenvalue weighted by molar-refractivity contribution is -0.120. The molecule has 3 heterocycles. The zero-order valence-corrected chi connectivity index (χ0v) is 11.3. The average molecular weight is 288 g/mol. The number of rotatable bonds is 3. The fourth-order valence-electron chi connectivity index (χ4n) is 1.96. The summed E-state index contributed by atoms with van der Waals surface area (Å²) in [5.74, 6) is -0.393. The molecule has 2 aromatic heterocycles. The van der Waals surface area contributed by atoms with E-state index in [0.717, 1.165) is 10.6 Å². The highest BCUT2D eigenvalue weighted by Gasteiger charge is 2.26. The zero-order chi connectivity index (χ0) is 13.9. The van der Waals surface area contributed by atoms with Crippen molar-refractivity contribution in [3.05, 3.63) is 35.6 Å². The van der Waals surface area contributed by atoms with Crippen molar-refractivity contribution in [2.75, 3.05) is 6.54 Å². The van der Waals surface area contributed by atoms with Gasteiger partial charge in [-0.05, 0) is 18.6 Å². The predicted octanol–water partition coefficient (Wildman–Crippen LogP) is 0.823. The molecule has 1 unspecified atom stereocenters. The zero-order valence-electron chi connectivity index (χ0n) is 10.5. The van der Waals surface area contributed by atoms with Crippen LogP contribution in [-0.2, 0) is 4.79 Å². The molecule has 2 aromatic rings. The average Bonchev–Trinajstić information content (AvgIpc) is 3.10. The van der Waals surface area contributed by atoms with E-state index in [1.165, 1.54) is 17.5 Å².